The van der Waals surface area contributed by atoms with Gasteiger partial charge in [0.1, 0.15) is 18.4 Å². The van der Waals surface area contributed by atoms with Crippen LogP contribution in [0.5, 0.6) is 5.75 Å². The van der Waals surface area contributed by atoms with E-state index in [2.05, 4.69) is 9.80 Å². The van der Waals surface area contributed by atoms with Gasteiger partial charge in [-0.15, -0.1) is 0 Å². The Labute approximate surface area is 169 Å². The van der Waals surface area contributed by atoms with Gasteiger partial charge in [0.15, 0.2) is 0 Å². The maximum atomic E-state index is 12.8. The smallest absolute Gasteiger partial charge is 0.406 e. The molecule has 2 aromatic rings. The number of nitrogens with zero attached hydrogens (tertiary/aromatic N) is 3. The number of aromatic nitrogens is 1. The maximum absolute atomic E-state index is 12.8. The molecule has 5 nitrogen and oxygen atoms in total. The van der Waals surface area contributed by atoms with Crippen molar-refractivity contribution in [2.75, 3.05) is 52.5 Å². The van der Waals surface area contributed by atoms with Gasteiger partial charge in [0.25, 0.3) is 0 Å². The molecule has 0 bridgehead atoms. The zero-order valence-electron chi connectivity index (χ0n) is 16.5. The van der Waals surface area contributed by atoms with Gasteiger partial charge >= 0.3 is 6.18 Å². The number of rotatable bonds is 6. The fourth-order valence-corrected chi connectivity index (χ4v) is 4.17. The van der Waals surface area contributed by atoms with Crippen LogP contribution < -0.4 is 4.74 Å². The number of hydrogen-bond donors (Lipinski definition) is 0. The van der Waals surface area contributed by atoms with Crippen molar-refractivity contribution in [1.29, 1.82) is 0 Å². The third kappa shape index (κ3) is 5.43. The van der Waals surface area contributed by atoms with E-state index < -0.39 is 12.7 Å². The molecule has 2 saturated heterocycles. The van der Waals surface area contributed by atoms with Crippen molar-refractivity contribution < 1.29 is 22.6 Å². The van der Waals surface area contributed by atoms with Gasteiger partial charge in [-0.3, -0.25) is 4.90 Å². The molecule has 0 aliphatic carbocycles. The molecule has 0 N–H and O–H groups in total. The standard InChI is InChI=1S/C21H28F3N3O2/c22-21(23,24)16-27-9-6-18-19(27)2-1-3-20(18)29-17-4-7-25(8-5-17)10-11-26-12-14-28-15-13-26/h1-3,6,9,17H,4-5,7-8,10-16H2. The van der Waals surface area contributed by atoms with Gasteiger partial charge in [0.05, 0.1) is 18.7 Å². The summed E-state index contributed by atoms with van der Waals surface area (Å²) in [6, 6.07) is 7.04. The minimum atomic E-state index is -4.24. The number of hydrogen-bond acceptors (Lipinski definition) is 4. The van der Waals surface area contributed by atoms with Crippen molar-refractivity contribution >= 4 is 10.9 Å². The molecule has 0 radical (unpaired) electrons. The molecule has 0 spiro atoms. The van der Waals surface area contributed by atoms with Gasteiger partial charge in [0.2, 0.25) is 0 Å². The number of benzene rings is 1. The molecule has 2 fully saturated rings. The highest BCUT2D eigenvalue weighted by Crippen LogP contribution is 2.30. The normalized spacial score (nSPS) is 20.4. The molecule has 2 aliphatic rings. The van der Waals surface area contributed by atoms with Crippen molar-refractivity contribution in [3.05, 3.63) is 30.5 Å². The molecule has 3 heterocycles. The number of alkyl halides is 3. The van der Waals surface area contributed by atoms with Gasteiger partial charge in [-0.2, -0.15) is 13.2 Å². The molecule has 1 aromatic carbocycles. The zero-order valence-corrected chi connectivity index (χ0v) is 16.5. The van der Waals surface area contributed by atoms with E-state index in [1.807, 2.05) is 6.07 Å². The van der Waals surface area contributed by atoms with Crippen molar-refractivity contribution in [2.45, 2.75) is 31.7 Å². The molecular weight excluding hydrogens is 383 g/mol. The first-order valence-electron chi connectivity index (χ1n) is 10.3. The third-order valence-electron chi connectivity index (χ3n) is 5.79. The van der Waals surface area contributed by atoms with E-state index in [0.29, 0.717) is 11.3 Å². The Morgan fingerprint density at radius 1 is 0.966 bits per heavy atom. The number of piperidine rings is 1. The minimum absolute atomic E-state index is 0.103. The molecule has 0 atom stereocenters. The second-order valence-electron chi connectivity index (χ2n) is 7.86. The molecule has 2 aliphatic heterocycles. The first-order valence-corrected chi connectivity index (χ1v) is 10.3. The van der Waals surface area contributed by atoms with Crippen LogP contribution in [0.3, 0.4) is 0 Å². The van der Waals surface area contributed by atoms with Crippen LogP contribution in [0.4, 0.5) is 13.2 Å². The van der Waals surface area contributed by atoms with Gasteiger partial charge in [-0.25, -0.2) is 0 Å². The summed E-state index contributed by atoms with van der Waals surface area (Å²) in [5.41, 5.74) is 0.558. The van der Waals surface area contributed by atoms with Crippen LogP contribution >= 0.6 is 0 Å². The number of halogens is 3. The summed E-state index contributed by atoms with van der Waals surface area (Å²) in [4.78, 5) is 4.91. The van der Waals surface area contributed by atoms with Gasteiger partial charge in [0, 0.05) is 50.9 Å². The average Bonchev–Trinajstić information content (AvgIpc) is 3.10. The van der Waals surface area contributed by atoms with Crippen molar-refractivity contribution in [3.63, 3.8) is 0 Å². The quantitative estimate of drug-likeness (QED) is 0.729. The van der Waals surface area contributed by atoms with E-state index in [-0.39, 0.29) is 6.10 Å². The lowest BCUT2D eigenvalue weighted by Crippen LogP contribution is -2.44. The molecule has 0 amide bonds. The Morgan fingerprint density at radius 2 is 1.66 bits per heavy atom. The van der Waals surface area contributed by atoms with E-state index >= 15 is 0 Å². The van der Waals surface area contributed by atoms with E-state index in [1.54, 1.807) is 18.2 Å². The van der Waals surface area contributed by atoms with Crippen molar-refractivity contribution in [3.8, 4) is 5.75 Å². The lowest BCUT2D eigenvalue weighted by Gasteiger charge is -2.34. The summed E-state index contributed by atoms with van der Waals surface area (Å²) in [6.07, 6.45) is -0.784. The second kappa shape index (κ2) is 8.93. The highest BCUT2D eigenvalue weighted by molar-refractivity contribution is 5.86. The summed E-state index contributed by atoms with van der Waals surface area (Å²) in [6.45, 7) is 6.79. The molecule has 1 aromatic heterocycles. The Hall–Kier alpha value is -1.77. The van der Waals surface area contributed by atoms with E-state index in [0.717, 1.165) is 70.7 Å². The molecule has 4 rings (SSSR count). The highest BCUT2D eigenvalue weighted by Gasteiger charge is 2.29. The predicted octanol–water partition coefficient (Wildman–Crippen LogP) is 3.38. The van der Waals surface area contributed by atoms with Gasteiger partial charge < -0.3 is 18.9 Å². The molecule has 0 saturated carbocycles. The first-order chi connectivity index (χ1) is 14.0. The van der Waals surface area contributed by atoms with Crippen LogP contribution in [-0.2, 0) is 11.3 Å². The van der Waals surface area contributed by atoms with E-state index in [1.165, 1.54) is 10.8 Å². The van der Waals surface area contributed by atoms with Crippen LogP contribution in [0, 0.1) is 0 Å². The van der Waals surface area contributed by atoms with E-state index in [9.17, 15) is 13.2 Å². The summed E-state index contributed by atoms with van der Waals surface area (Å²) in [7, 11) is 0. The highest BCUT2D eigenvalue weighted by atomic mass is 19.4. The number of ether oxygens (including phenoxy) is 2. The fourth-order valence-electron chi connectivity index (χ4n) is 4.17. The molecule has 160 valence electrons. The number of likely N-dealkylation sites (tertiary alicyclic amines) is 1. The average molecular weight is 411 g/mol. The third-order valence-corrected chi connectivity index (χ3v) is 5.79. The molecule has 29 heavy (non-hydrogen) atoms. The summed E-state index contributed by atoms with van der Waals surface area (Å²) < 4.78 is 51.1. The van der Waals surface area contributed by atoms with Crippen LogP contribution in [0.1, 0.15) is 12.8 Å². The Bertz CT molecular complexity index is 794. The lowest BCUT2D eigenvalue weighted by molar-refractivity contribution is -0.139. The summed E-state index contributed by atoms with van der Waals surface area (Å²) in [5.74, 6) is 0.676. The fraction of sp³-hybridized carbons (Fsp3) is 0.619. The van der Waals surface area contributed by atoms with Crippen molar-refractivity contribution in [2.24, 2.45) is 0 Å². The van der Waals surface area contributed by atoms with Crippen LogP contribution in [-0.4, -0.2) is 79.1 Å². The van der Waals surface area contributed by atoms with Gasteiger partial charge in [-0.1, -0.05) is 6.07 Å². The first kappa shape index (κ1) is 20.5. The Kier molecular flexibility index (Phi) is 6.32. The van der Waals surface area contributed by atoms with Crippen LogP contribution in [0.2, 0.25) is 0 Å². The largest absolute Gasteiger partial charge is 0.490 e. The SMILES string of the molecule is FC(F)(F)Cn1ccc2c(OC3CCN(CCN4CCOCC4)CC3)cccc21. The Balaban J connectivity index is 1.30. The number of fused-ring (bicyclic) bond motifs is 1. The second-order valence-corrected chi connectivity index (χ2v) is 7.86. The Morgan fingerprint density at radius 3 is 2.34 bits per heavy atom. The van der Waals surface area contributed by atoms with E-state index in [4.69, 9.17) is 9.47 Å². The molecule has 8 heteroatoms. The molecule has 0 unspecified atom stereocenters. The molecular formula is C21H28F3N3O2. The topological polar surface area (TPSA) is 29.9 Å². The maximum Gasteiger partial charge on any atom is 0.406 e. The van der Waals surface area contributed by atoms with Crippen LogP contribution in [0.25, 0.3) is 10.9 Å². The van der Waals surface area contributed by atoms with Crippen molar-refractivity contribution in [1.82, 2.24) is 14.4 Å². The lowest BCUT2D eigenvalue weighted by atomic mass is 10.1. The monoisotopic (exact) mass is 411 g/mol. The van der Waals surface area contributed by atoms with Gasteiger partial charge in [-0.05, 0) is 31.0 Å². The minimum Gasteiger partial charge on any atom is -0.490 e. The number of morpholine rings is 1. The zero-order chi connectivity index (χ0) is 20.3. The van der Waals surface area contributed by atoms with Crippen LogP contribution in [0.15, 0.2) is 30.5 Å². The predicted molar refractivity (Wildman–Crippen MR) is 105 cm³/mol. The summed E-state index contributed by atoms with van der Waals surface area (Å²) in [5, 5.41) is 0.742. The summed E-state index contributed by atoms with van der Waals surface area (Å²) >= 11 is 0.